The Balaban J connectivity index is 0.872. The Hall–Kier alpha value is -11.8. The van der Waals surface area contributed by atoms with E-state index in [1.807, 2.05) is 36.4 Å². The Labute approximate surface area is 732 Å². The maximum Gasteiger partial charge on any atom is 0.410 e. The highest BCUT2D eigenvalue weighted by Gasteiger charge is 2.58. The van der Waals surface area contributed by atoms with Crippen LogP contribution in [0.2, 0.25) is 0 Å². The monoisotopic (exact) mass is 1750 g/mol. The summed E-state index contributed by atoms with van der Waals surface area (Å²) in [5.41, 5.74) is 11.9. The van der Waals surface area contributed by atoms with Crippen molar-refractivity contribution in [2.75, 3.05) is 45.9 Å². The molecular weight excluding hydrogens is 1650 g/mol. The van der Waals surface area contributed by atoms with E-state index >= 15 is 0 Å². The van der Waals surface area contributed by atoms with Gasteiger partial charge in [-0.3, -0.25) is 4.79 Å². The number of alkyl carbamates (subject to hydrolysis) is 5. The van der Waals surface area contributed by atoms with Gasteiger partial charge >= 0.3 is 36.6 Å². The molecule has 13 N–H and O–H groups in total. The number of fused-ring (bicyclic) bond motifs is 1. The second kappa shape index (κ2) is 47.2. The van der Waals surface area contributed by atoms with Crippen LogP contribution < -0.4 is 37.6 Å². The van der Waals surface area contributed by atoms with Crippen molar-refractivity contribution in [2.45, 2.75) is 188 Å². The quantitative estimate of drug-likeness (QED) is 0.0185. The van der Waals surface area contributed by atoms with Gasteiger partial charge in [-0.15, -0.1) is 0 Å². The van der Waals surface area contributed by atoms with Gasteiger partial charge in [0.2, 0.25) is 5.91 Å². The molecule has 21 atom stereocenters. The fourth-order valence-electron chi connectivity index (χ4n) is 15.1. The molecule has 35 nitrogen and oxygen atoms in total. The Morgan fingerprint density at radius 3 is 1.36 bits per heavy atom. The second-order valence-corrected chi connectivity index (χ2v) is 30.8. The van der Waals surface area contributed by atoms with Crippen LogP contribution in [0.25, 0.3) is 0 Å². The number of carbonyl (C=O) groups is 7. The van der Waals surface area contributed by atoms with Crippen LogP contribution in [0, 0.1) is 0 Å². The molecule has 127 heavy (non-hydrogen) atoms. The number of benzene rings is 8. The first-order chi connectivity index (χ1) is 61.9. The molecule has 13 rings (SSSR count). The Bertz CT molecular complexity index is 4720. The van der Waals surface area contributed by atoms with Gasteiger partial charge in [0.15, 0.2) is 25.2 Å². The third-order valence-electron chi connectivity index (χ3n) is 21.8. The topological polar surface area (TPSA) is 461 Å². The maximum absolute atomic E-state index is 14.8. The molecule has 4 aliphatic heterocycles. The molecule has 0 spiro atoms. The molecule has 4 saturated heterocycles. The lowest BCUT2D eigenvalue weighted by Crippen LogP contribution is -2.71. The molecule has 0 aromatic heterocycles. The van der Waals surface area contributed by atoms with Gasteiger partial charge in [-0.2, -0.15) is 0 Å². The molecular formula is C92H106N8O27. The van der Waals surface area contributed by atoms with Crippen molar-refractivity contribution in [1.82, 2.24) is 36.8 Å². The van der Waals surface area contributed by atoms with E-state index in [0.717, 1.165) is 5.56 Å². The van der Waals surface area contributed by atoms with Crippen LogP contribution in [-0.2, 0) is 122 Å². The lowest BCUT2D eigenvalue weighted by molar-refractivity contribution is -0.358. The van der Waals surface area contributed by atoms with Crippen molar-refractivity contribution in [3.63, 3.8) is 0 Å². The summed E-state index contributed by atoms with van der Waals surface area (Å²) in [4.78, 5) is 100. The van der Waals surface area contributed by atoms with E-state index < -0.39 is 204 Å². The molecule has 0 bridgehead atoms. The molecule has 0 radical (unpaired) electrons. The number of ether oxygens (including phenoxy) is 15. The fourth-order valence-corrected chi connectivity index (χ4v) is 15.1. The minimum Gasteiger partial charge on any atom is -0.445 e. The van der Waals surface area contributed by atoms with Crippen molar-refractivity contribution < 1.29 is 130 Å². The van der Waals surface area contributed by atoms with E-state index in [1.165, 1.54) is 4.90 Å². The first-order valence-corrected chi connectivity index (χ1v) is 41.9. The van der Waals surface area contributed by atoms with Gasteiger partial charge in [-0.05, 0) is 58.2 Å². The van der Waals surface area contributed by atoms with E-state index in [2.05, 4.69) is 31.9 Å². The summed E-state index contributed by atoms with van der Waals surface area (Å²) in [6, 6.07) is 64.0. The number of aliphatic hydroxyl groups is 5. The van der Waals surface area contributed by atoms with E-state index in [-0.39, 0.29) is 65.9 Å². The summed E-state index contributed by atoms with van der Waals surface area (Å²) in [6.07, 6.45) is -35.7. The summed E-state index contributed by atoms with van der Waals surface area (Å²) < 4.78 is 95.1. The highest BCUT2D eigenvalue weighted by Crippen LogP contribution is 2.40. The van der Waals surface area contributed by atoms with Crippen molar-refractivity contribution in [3.05, 3.63) is 287 Å². The highest BCUT2D eigenvalue weighted by molar-refractivity contribution is 5.81. The lowest BCUT2D eigenvalue weighted by Gasteiger charge is -2.51. The largest absolute Gasteiger partial charge is 0.445 e. The Kier molecular flexibility index (Phi) is 34.5. The van der Waals surface area contributed by atoms with Gasteiger partial charge in [-0.25, -0.2) is 28.8 Å². The molecule has 5 aliphatic rings. The highest BCUT2D eigenvalue weighted by atomic mass is 16.8. The van der Waals surface area contributed by atoms with Crippen molar-refractivity contribution in [1.29, 1.82) is 0 Å². The molecule has 1 saturated carbocycles. The summed E-state index contributed by atoms with van der Waals surface area (Å²) in [6.45, 7) is -3.42. The molecule has 8 aromatic carbocycles. The lowest BCUT2D eigenvalue weighted by atomic mass is 9.83. The number of hydrogen-bond acceptors (Lipinski definition) is 28. The Morgan fingerprint density at radius 2 is 0.850 bits per heavy atom. The van der Waals surface area contributed by atoms with Crippen LogP contribution >= 0.6 is 0 Å². The first kappa shape index (κ1) is 92.9. The minimum atomic E-state index is -2.09. The molecule has 35 heteroatoms. The SMILES string of the molecule is NC[C@H]1O[C@@H](O[C@@H]2[C@@H](O)[C@H](NC(=O)[C@@H](O)CCNC(=O)OCc3ccccc3)C[C@H](NC(=O)OCc3ccccc3)[C@H]2O[C@H]2O[C@@H]3COC(c4ccccc4)O[C@H]3[C@H](O)[C@H]2NC(=O)OCc2ccccc2)[C@H](OCCN(CCc2ccccc2)C(=O)OCc2ccccc2)[C@@H]1O[C@H]1O[C@@H](CNC(=O)OCc2ccccc2)[C@@H](O)[C@H](O)[C@H]1NC(=O)OCc1ccccc1. The van der Waals surface area contributed by atoms with Crippen LogP contribution in [-0.4, -0.2) is 241 Å². The minimum absolute atomic E-state index is 0.0631. The zero-order valence-electron chi connectivity index (χ0n) is 69.3. The second-order valence-electron chi connectivity index (χ2n) is 30.8. The normalized spacial score (nSPS) is 26.3. The predicted octanol–water partition coefficient (Wildman–Crippen LogP) is 6.48. The number of amides is 7. The average Bonchev–Trinajstić information content (AvgIpc) is 1.74. The molecule has 7 amide bonds. The molecule has 676 valence electrons. The van der Waals surface area contributed by atoms with Crippen LogP contribution in [0.4, 0.5) is 28.8 Å². The van der Waals surface area contributed by atoms with E-state index in [0.29, 0.717) is 45.4 Å². The van der Waals surface area contributed by atoms with Gasteiger partial charge in [0.1, 0.15) is 131 Å². The first-order valence-electron chi connectivity index (χ1n) is 41.9. The molecule has 1 unspecified atom stereocenters. The van der Waals surface area contributed by atoms with Crippen molar-refractivity contribution in [2.24, 2.45) is 5.73 Å². The Morgan fingerprint density at radius 1 is 0.417 bits per heavy atom. The third kappa shape index (κ3) is 26.9. The zero-order valence-corrected chi connectivity index (χ0v) is 69.3. The molecule has 8 aromatic rings. The van der Waals surface area contributed by atoms with Crippen LogP contribution in [0.3, 0.4) is 0 Å². The zero-order chi connectivity index (χ0) is 88.8. The predicted molar refractivity (Wildman–Crippen MR) is 449 cm³/mol. The number of nitrogens with one attached hydrogen (secondary N) is 6. The van der Waals surface area contributed by atoms with E-state index in [9.17, 15) is 59.1 Å². The van der Waals surface area contributed by atoms with Crippen molar-refractivity contribution >= 4 is 42.5 Å². The van der Waals surface area contributed by atoms with Gasteiger partial charge in [0, 0.05) is 38.3 Å². The summed E-state index contributed by atoms with van der Waals surface area (Å²) in [5, 5.41) is 78.3. The number of carbonyl (C=O) groups excluding carboxylic acids is 7. The number of rotatable bonds is 37. The standard InChI is InChI=1S/C92H106N8O27/c93-48-68-79(126-84-71(98-90(110)118-53-61-33-17-5-18-34-61)75(104)74(103)69(122-84)49-95-88(108)116-51-59-29-13-3-14-30-59)81(113-46-45-100(44-42-57-25-9-1-10-26-57)92(112)120-55-63-37-21-7-22-38-63)86(121-68)127-80-73(102)65(96-82(106)67(101)41-43-94-87(107)115-50-58-27-11-2-12-28-58)47-66(97-89(109)117-52-60-31-15-4-16-32-60)77(80)124-85-72(99-91(111)119-54-62-35-19-6-20-36-62)76(105)78-70(123-85)56-114-83(125-78)64-39-23-8-24-40-64/h1-40,65-81,83-86,101-105H,41-56,93H2,(H,94,107)(H,95,108)(H,96,106)(H,97,109)(H,98,110)(H,99,111)/t65-,66+,67+,68-,69+,70-,71-,72-,73+,74-,75-,76-,77-,78-,79-,80-,81-,83?,84-,85-,86+/m1/s1. The number of hydrogen-bond donors (Lipinski definition) is 12. The number of aliphatic hydroxyl groups excluding tert-OH is 5. The summed E-state index contributed by atoms with van der Waals surface area (Å²) in [7, 11) is 0. The third-order valence-corrected chi connectivity index (χ3v) is 21.8. The van der Waals surface area contributed by atoms with Gasteiger partial charge in [0.25, 0.3) is 0 Å². The summed E-state index contributed by atoms with van der Waals surface area (Å²) in [5.74, 6) is -1.10. The average molecular weight is 1760 g/mol. The van der Waals surface area contributed by atoms with E-state index in [4.69, 9.17) is 76.8 Å². The number of nitrogens with zero attached hydrogens (tertiary/aromatic N) is 1. The van der Waals surface area contributed by atoms with Crippen LogP contribution in [0.5, 0.6) is 0 Å². The van der Waals surface area contributed by atoms with Crippen LogP contribution in [0.1, 0.15) is 63.6 Å². The molecule has 4 heterocycles. The van der Waals surface area contributed by atoms with Gasteiger partial charge in [0.05, 0.1) is 25.3 Å². The maximum atomic E-state index is 14.8. The smallest absolute Gasteiger partial charge is 0.410 e. The fraction of sp³-hybridized carbons (Fsp3) is 0.402. The number of nitrogens with two attached hydrogens (primary N) is 1. The van der Waals surface area contributed by atoms with Crippen molar-refractivity contribution in [3.8, 4) is 0 Å². The van der Waals surface area contributed by atoms with Gasteiger partial charge in [-0.1, -0.05) is 243 Å². The van der Waals surface area contributed by atoms with Crippen LogP contribution in [0.15, 0.2) is 243 Å². The van der Waals surface area contributed by atoms with E-state index in [1.54, 1.807) is 206 Å². The molecule has 1 aliphatic carbocycles. The van der Waals surface area contributed by atoms with Gasteiger partial charge < -0.3 is 139 Å². The summed E-state index contributed by atoms with van der Waals surface area (Å²) >= 11 is 0. The molecule has 5 fully saturated rings.